The Morgan fingerprint density at radius 2 is 0.0988 bits per heavy atom. The van der Waals surface area contributed by atoms with E-state index in [-0.39, 0.29) is 77.7 Å². The molecule has 81 heavy (non-hydrogen) atoms. The van der Waals surface area contributed by atoms with Crippen molar-refractivity contribution in [3.8, 4) is 0 Å². The normalized spacial score (nSPS) is 3.85. The summed E-state index contributed by atoms with van der Waals surface area (Å²) in [5.74, 6) is 0. The number of rotatable bonds is 0. The average Bonchev–Trinajstić information content (AvgIpc) is 3.31. The van der Waals surface area contributed by atoms with E-state index in [9.17, 15) is 0 Å². The van der Waals surface area contributed by atoms with E-state index in [2.05, 4.69) is 0 Å². The van der Waals surface area contributed by atoms with Crippen molar-refractivity contribution in [1.82, 2.24) is 0 Å². The molecule has 0 heterocycles. The van der Waals surface area contributed by atoms with Crippen molar-refractivity contribution in [2.75, 3.05) is 0 Å². The third-order valence-corrected chi connectivity index (χ3v) is 0. The minimum Gasteiger partial charge on any atom is -1.00 e. The SMILES string of the molecule is O=NO.O=NO.O=NO.O=NO.O=NO.O=NO.O=NO.O=NO.O=NO.O=NO.O=NO.O=NO.O=NO.O=NO.O=NO.O=NO.O=NO.O=NO.O=NO.O=NO.O=NO.O=NO.O=NO.O=NO.O=NO.O=NO.[H-].[H-].[H-].[H-].[H-].[H-].[Mg+2].[Mg+2].[Mg+2]. The van der Waals surface area contributed by atoms with E-state index in [0.29, 0.717) is 0 Å². The quantitative estimate of drug-likeness (QED) is 0.0940. The molecule has 81 heteroatoms. The molecule has 78 nitrogen and oxygen atoms in total. The zero-order valence-corrected chi connectivity index (χ0v) is 40.2. The number of hydrogen-bond donors (Lipinski definition) is 26. The molecular weight excluding hydrogens is 1270 g/mol. The first-order valence-corrected chi connectivity index (χ1v) is 9.95. The van der Waals surface area contributed by atoms with Crippen LogP contribution in [0.25, 0.3) is 0 Å². The molecule has 0 fully saturated rings. The summed E-state index contributed by atoms with van der Waals surface area (Å²) in [6.07, 6.45) is 0. The molecule has 0 spiro atoms. The minimum atomic E-state index is 0. The maximum atomic E-state index is 8.11. The van der Waals surface area contributed by atoms with Gasteiger partial charge in [0.05, 0.1) is 0 Å². The van der Waals surface area contributed by atoms with Crippen LogP contribution in [0, 0.1) is 128 Å². The summed E-state index contributed by atoms with van der Waals surface area (Å²) in [6, 6.07) is 0. The Bertz CT molecular complexity index is 684. The summed E-state index contributed by atoms with van der Waals surface area (Å²) < 4.78 is 0. The molecule has 0 aromatic rings. The average molecular weight is 1300 g/mol. The van der Waals surface area contributed by atoms with E-state index in [0.717, 1.165) is 0 Å². The van der Waals surface area contributed by atoms with Gasteiger partial charge in [-0.3, -0.25) is 0 Å². The van der Waals surface area contributed by atoms with Crippen LogP contribution in [0.5, 0.6) is 0 Å². The predicted molar refractivity (Wildman–Crippen MR) is 221 cm³/mol. The summed E-state index contributed by atoms with van der Waals surface area (Å²) in [7, 11) is 0. The molecule has 26 N–H and O–H groups in total. The predicted octanol–water partition coefficient (Wildman–Crippen LogP) is 3.22. The molecule has 0 aliphatic carbocycles. The van der Waals surface area contributed by atoms with Crippen LogP contribution in [-0.2, 0) is 0 Å². The monoisotopic (exact) mass is 1300 g/mol. The molecule has 0 aromatic carbocycles. The second-order valence-electron chi connectivity index (χ2n) is 2.12. The second-order valence-corrected chi connectivity index (χ2v) is 2.12. The van der Waals surface area contributed by atoms with Crippen LogP contribution in [0.4, 0.5) is 0 Å². The van der Waals surface area contributed by atoms with Gasteiger partial charge in [0, 0.05) is 0 Å². The van der Waals surface area contributed by atoms with Crippen LogP contribution in [0.3, 0.4) is 0 Å². The van der Waals surface area contributed by atoms with Crippen molar-refractivity contribution in [3.63, 3.8) is 0 Å². The van der Waals surface area contributed by atoms with Gasteiger partial charge in [-0.05, 0) is 0 Å². The number of nitrogens with zero attached hydrogens (tertiary/aromatic N) is 26. The van der Waals surface area contributed by atoms with E-state index in [1.165, 1.54) is 139 Å². The Morgan fingerprint density at radius 3 is 0.0988 bits per heavy atom. The van der Waals surface area contributed by atoms with Crippen molar-refractivity contribution in [3.05, 3.63) is 128 Å². The van der Waals surface area contributed by atoms with Gasteiger partial charge in [0.25, 0.3) is 0 Å². The molecule has 0 aliphatic rings. The van der Waals surface area contributed by atoms with Gasteiger partial charge in [0.1, 0.15) is 0 Å². The van der Waals surface area contributed by atoms with E-state index in [1.54, 1.807) is 0 Å². The Hall–Kier alpha value is -13.3. The molecule has 0 atom stereocenters. The van der Waals surface area contributed by atoms with Crippen molar-refractivity contribution >= 4 is 69.2 Å². The molecule has 0 saturated carbocycles. The molecule has 0 saturated heterocycles. The molecule has 0 radical (unpaired) electrons. The molecule has 0 unspecified atom stereocenters. The zero-order valence-electron chi connectivity index (χ0n) is 42.0. The van der Waals surface area contributed by atoms with Gasteiger partial charge in [0.2, 0.25) is 0 Å². The van der Waals surface area contributed by atoms with Gasteiger partial charge in [-0.1, -0.05) is 0 Å². The first-order valence-electron chi connectivity index (χ1n) is 9.95. The third kappa shape index (κ3) is 1580. The van der Waals surface area contributed by atoms with Gasteiger partial charge in [-0.25, -0.2) is 0 Å². The van der Waals surface area contributed by atoms with Crippen LogP contribution >= 0.6 is 0 Å². The molecular formula is H32Mg3N26O52. The summed E-state index contributed by atoms with van der Waals surface area (Å²) in [4.78, 5) is 211. The summed E-state index contributed by atoms with van der Waals surface area (Å²) >= 11 is 0. The van der Waals surface area contributed by atoms with Crippen molar-refractivity contribution in [1.29, 1.82) is 0 Å². The van der Waals surface area contributed by atoms with E-state index >= 15 is 0 Å². The Labute approximate surface area is 479 Å². The first-order chi connectivity index (χ1) is 36.8. The van der Waals surface area contributed by atoms with Gasteiger partial charge < -0.3 is 144 Å². The summed E-state index contributed by atoms with van der Waals surface area (Å²) in [5, 5.41) is 205. The van der Waals surface area contributed by atoms with E-state index in [1.807, 2.05) is 0 Å². The molecule has 480 valence electrons. The molecule has 0 amide bonds. The van der Waals surface area contributed by atoms with Crippen LogP contribution < -0.4 is 0 Å². The fourth-order valence-corrected chi connectivity index (χ4v) is 0. The van der Waals surface area contributed by atoms with Gasteiger partial charge in [0.15, 0.2) is 139 Å². The van der Waals surface area contributed by atoms with Gasteiger partial charge in [-0.2, -0.15) is 0 Å². The minimum absolute atomic E-state index is 0. The fourth-order valence-electron chi connectivity index (χ4n) is 0. The standard InChI is InChI=1S/3Mg.26HNO2.6H/c;;;26*2-1-3;;;;;;/h;;;26*(H,2,3);;;;;;/q3*+2;;;;;;;;;;;;;;;;;;;;;;;;;;;6*-1. The zero-order chi connectivity index (χ0) is 70.4. The van der Waals surface area contributed by atoms with Gasteiger partial charge >= 0.3 is 69.2 Å². The maximum absolute atomic E-state index is 8.11. The summed E-state index contributed by atoms with van der Waals surface area (Å²) in [5.41, 5.74) is 0. The maximum Gasteiger partial charge on any atom is 2.00 e. The molecule has 0 aromatic heterocycles. The summed E-state index contributed by atoms with van der Waals surface area (Å²) in [6.45, 7) is 0. The smallest absolute Gasteiger partial charge is 1.00 e. The Morgan fingerprint density at radius 1 is 0.0988 bits per heavy atom. The molecule has 0 rings (SSSR count). The van der Waals surface area contributed by atoms with Crippen molar-refractivity contribution in [2.45, 2.75) is 0 Å². The second kappa shape index (κ2) is 1790. The molecule has 0 aliphatic heterocycles. The van der Waals surface area contributed by atoms with Crippen LogP contribution in [0.2, 0.25) is 0 Å². The fraction of sp³-hybridized carbons (Fsp3) is 0. The van der Waals surface area contributed by atoms with Gasteiger partial charge in [-0.15, -0.1) is 128 Å². The molecule has 0 bridgehead atoms. The van der Waals surface area contributed by atoms with Crippen molar-refractivity contribution < 1.29 is 144 Å². The first kappa shape index (κ1) is 201. The Kier molecular flexibility index (Phi) is 4430. The topological polar surface area (TPSA) is 1290 Å². The van der Waals surface area contributed by atoms with Crippen molar-refractivity contribution in [2.24, 2.45) is 139 Å². The van der Waals surface area contributed by atoms with E-state index in [4.69, 9.17) is 263 Å². The van der Waals surface area contributed by atoms with Crippen LogP contribution in [0.15, 0.2) is 139 Å². The van der Waals surface area contributed by atoms with Crippen LogP contribution in [0.1, 0.15) is 8.56 Å². The van der Waals surface area contributed by atoms with Crippen LogP contribution in [-0.4, -0.2) is 205 Å². The largest absolute Gasteiger partial charge is 2.00 e. The number of hydrogen-bond acceptors (Lipinski definition) is 52. The Balaban J connectivity index is -0.00000000975. The van der Waals surface area contributed by atoms with E-state index < -0.39 is 0 Å². The third-order valence-electron chi connectivity index (χ3n) is 0.